The number of aryl methyl sites for hydroxylation is 1. The maximum absolute atomic E-state index is 11.2. The average molecular weight is 300 g/mol. The fourth-order valence-corrected chi connectivity index (χ4v) is 1.85. The lowest BCUT2D eigenvalue weighted by atomic mass is 10.0. The number of benzene rings is 1. The lowest BCUT2D eigenvalue weighted by Crippen LogP contribution is -2.14. The molecular formula is C13H18BrNO2. The highest BCUT2D eigenvalue weighted by molar-refractivity contribution is 9.09. The molecule has 2 N–H and O–H groups in total. The first-order chi connectivity index (χ1) is 8.19. The fraction of sp³-hybridized carbons (Fsp3) is 0.462. The highest BCUT2D eigenvalue weighted by Crippen LogP contribution is 2.19. The van der Waals surface area contributed by atoms with E-state index in [9.17, 15) is 4.79 Å². The van der Waals surface area contributed by atoms with Gasteiger partial charge >= 0.3 is 0 Å². The quantitative estimate of drug-likeness (QED) is 0.622. The van der Waals surface area contributed by atoms with Gasteiger partial charge < -0.3 is 10.5 Å². The standard InChI is InChI=1S/C13H18BrNO2/c1-2-4-10-9-11(17-8-3-7-14)5-6-12(10)13(15)16/h5-6,9H,2-4,7-8H2,1H3,(H2,15,16). The Kier molecular flexibility index (Phi) is 6.05. The molecule has 17 heavy (non-hydrogen) atoms. The lowest BCUT2D eigenvalue weighted by molar-refractivity contribution is 0.0999. The molecule has 0 aliphatic rings. The summed E-state index contributed by atoms with van der Waals surface area (Å²) in [5.74, 6) is 0.430. The number of hydrogen-bond acceptors (Lipinski definition) is 2. The Morgan fingerprint density at radius 2 is 2.24 bits per heavy atom. The Morgan fingerprint density at radius 3 is 2.82 bits per heavy atom. The van der Waals surface area contributed by atoms with Crippen LogP contribution in [0.5, 0.6) is 5.75 Å². The Balaban J connectivity index is 2.81. The van der Waals surface area contributed by atoms with Gasteiger partial charge in [-0.1, -0.05) is 29.3 Å². The summed E-state index contributed by atoms with van der Waals surface area (Å²) < 4.78 is 5.59. The van der Waals surface area contributed by atoms with E-state index in [-0.39, 0.29) is 5.91 Å². The van der Waals surface area contributed by atoms with Gasteiger partial charge in [0.15, 0.2) is 0 Å². The molecule has 0 atom stereocenters. The number of ether oxygens (including phenoxy) is 1. The van der Waals surface area contributed by atoms with Crippen molar-refractivity contribution < 1.29 is 9.53 Å². The highest BCUT2D eigenvalue weighted by atomic mass is 79.9. The summed E-state index contributed by atoms with van der Waals surface area (Å²) in [4.78, 5) is 11.2. The van der Waals surface area contributed by atoms with E-state index >= 15 is 0 Å². The molecule has 0 heterocycles. The van der Waals surface area contributed by atoms with Crippen LogP contribution >= 0.6 is 15.9 Å². The van der Waals surface area contributed by atoms with Gasteiger partial charge in [-0.2, -0.15) is 0 Å². The Bertz CT molecular complexity index is 380. The number of amides is 1. The predicted molar refractivity (Wildman–Crippen MR) is 72.9 cm³/mol. The smallest absolute Gasteiger partial charge is 0.248 e. The second kappa shape index (κ2) is 7.33. The molecule has 0 spiro atoms. The van der Waals surface area contributed by atoms with Crippen LogP contribution in [0, 0.1) is 0 Å². The largest absolute Gasteiger partial charge is 0.494 e. The summed E-state index contributed by atoms with van der Waals surface area (Å²) >= 11 is 3.35. The van der Waals surface area contributed by atoms with E-state index in [0.717, 1.165) is 35.9 Å². The van der Waals surface area contributed by atoms with Gasteiger partial charge in [-0.05, 0) is 36.6 Å². The minimum atomic E-state index is -0.375. The Labute approximate surface area is 110 Å². The molecule has 1 rings (SSSR count). The van der Waals surface area contributed by atoms with Crippen LogP contribution in [0.4, 0.5) is 0 Å². The molecule has 0 fully saturated rings. The first-order valence-corrected chi connectivity index (χ1v) is 6.92. The third-order valence-electron chi connectivity index (χ3n) is 2.41. The molecule has 0 saturated heterocycles. The minimum absolute atomic E-state index is 0.375. The number of alkyl halides is 1. The van der Waals surface area contributed by atoms with Gasteiger partial charge in [-0.15, -0.1) is 0 Å². The van der Waals surface area contributed by atoms with Gasteiger partial charge in [0.25, 0.3) is 0 Å². The molecule has 0 aliphatic carbocycles. The van der Waals surface area contributed by atoms with Gasteiger partial charge in [0.2, 0.25) is 5.91 Å². The molecule has 0 radical (unpaired) electrons. The molecule has 1 aromatic carbocycles. The van der Waals surface area contributed by atoms with Crippen LogP contribution in [-0.4, -0.2) is 17.8 Å². The fourth-order valence-electron chi connectivity index (χ4n) is 1.62. The number of primary amides is 1. The van der Waals surface area contributed by atoms with Crippen LogP contribution in [0.2, 0.25) is 0 Å². The monoisotopic (exact) mass is 299 g/mol. The molecule has 1 aromatic rings. The maximum Gasteiger partial charge on any atom is 0.248 e. The van der Waals surface area contributed by atoms with Crippen LogP contribution in [0.1, 0.15) is 35.7 Å². The second-order valence-electron chi connectivity index (χ2n) is 3.82. The average Bonchev–Trinajstić information content (AvgIpc) is 2.30. The molecule has 0 aromatic heterocycles. The van der Waals surface area contributed by atoms with Crippen LogP contribution in [0.25, 0.3) is 0 Å². The highest BCUT2D eigenvalue weighted by Gasteiger charge is 2.08. The zero-order valence-corrected chi connectivity index (χ0v) is 11.6. The number of rotatable bonds is 7. The molecule has 0 unspecified atom stereocenters. The van der Waals surface area contributed by atoms with Crippen molar-refractivity contribution >= 4 is 21.8 Å². The van der Waals surface area contributed by atoms with Gasteiger partial charge in [0.1, 0.15) is 5.75 Å². The van der Waals surface area contributed by atoms with Gasteiger partial charge in [-0.25, -0.2) is 0 Å². The Morgan fingerprint density at radius 1 is 1.47 bits per heavy atom. The number of nitrogens with two attached hydrogens (primary N) is 1. The number of carbonyl (C=O) groups is 1. The molecule has 4 heteroatoms. The molecule has 3 nitrogen and oxygen atoms in total. The summed E-state index contributed by atoms with van der Waals surface area (Å²) in [5.41, 5.74) is 6.90. The van der Waals surface area contributed by atoms with Crippen molar-refractivity contribution in [1.82, 2.24) is 0 Å². The normalized spacial score (nSPS) is 10.2. The van der Waals surface area contributed by atoms with Crippen molar-refractivity contribution in [2.45, 2.75) is 26.2 Å². The molecule has 0 aliphatic heterocycles. The van der Waals surface area contributed by atoms with Crippen molar-refractivity contribution in [2.75, 3.05) is 11.9 Å². The number of halogens is 1. The van der Waals surface area contributed by atoms with Crippen LogP contribution in [0.3, 0.4) is 0 Å². The van der Waals surface area contributed by atoms with E-state index in [4.69, 9.17) is 10.5 Å². The topological polar surface area (TPSA) is 52.3 Å². The van der Waals surface area contributed by atoms with Crippen molar-refractivity contribution in [3.63, 3.8) is 0 Å². The van der Waals surface area contributed by atoms with E-state index in [1.807, 2.05) is 6.07 Å². The molecule has 0 bridgehead atoms. The third-order valence-corrected chi connectivity index (χ3v) is 2.97. The van der Waals surface area contributed by atoms with E-state index in [2.05, 4.69) is 22.9 Å². The Hall–Kier alpha value is -1.03. The predicted octanol–water partition coefficient (Wildman–Crippen LogP) is 2.90. The maximum atomic E-state index is 11.2. The number of carbonyl (C=O) groups excluding carboxylic acids is 1. The van der Waals surface area contributed by atoms with Crippen LogP contribution in [0.15, 0.2) is 18.2 Å². The molecule has 0 saturated carbocycles. The van der Waals surface area contributed by atoms with E-state index < -0.39 is 0 Å². The summed E-state index contributed by atoms with van der Waals surface area (Å²) in [6.07, 6.45) is 2.78. The zero-order chi connectivity index (χ0) is 12.7. The summed E-state index contributed by atoms with van der Waals surface area (Å²) in [7, 11) is 0. The third kappa shape index (κ3) is 4.38. The SMILES string of the molecule is CCCc1cc(OCCCBr)ccc1C(N)=O. The second-order valence-corrected chi connectivity index (χ2v) is 4.62. The first kappa shape index (κ1) is 14.0. The zero-order valence-electron chi connectivity index (χ0n) is 10.0. The van der Waals surface area contributed by atoms with E-state index in [1.54, 1.807) is 12.1 Å². The van der Waals surface area contributed by atoms with Crippen LogP contribution in [-0.2, 0) is 6.42 Å². The molecular weight excluding hydrogens is 282 g/mol. The van der Waals surface area contributed by atoms with E-state index in [0.29, 0.717) is 12.2 Å². The molecule has 1 amide bonds. The van der Waals surface area contributed by atoms with E-state index in [1.165, 1.54) is 0 Å². The van der Waals surface area contributed by atoms with Gasteiger partial charge in [0.05, 0.1) is 6.61 Å². The van der Waals surface area contributed by atoms with Crippen molar-refractivity contribution in [3.8, 4) is 5.75 Å². The summed E-state index contributed by atoms with van der Waals surface area (Å²) in [6.45, 7) is 2.75. The lowest BCUT2D eigenvalue weighted by Gasteiger charge is -2.10. The van der Waals surface area contributed by atoms with Gasteiger partial charge in [0, 0.05) is 10.9 Å². The van der Waals surface area contributed by atoms with Crippen LogP contribution < -0.4 is 10.5 Å². The molecule has 94 valence electrons. The van der Waals surface area contributed by atoms with Crippen molar-refractivity contribution in [1.29, 1.82) is 0 Å². The van der Waals surface area contributed by atoms with Crippen molar-refractivity contribution in [3.05, 3.63) is 29.3 Å². The minimum Gasteiger partial charge on any atom is -0.494 e. The summed E-state index contributed by atoms with van der Waals surface area (Å²) in [6, 6.07) is 5.46. The number of hydrogen-bond donors (Lipinski definition) is 1. The van der Waals surface area contributed by atoms with Gasteiger partial charge in [-0.3, -0.25) is 4.79 Å². The summed E-state index contributed by atoms with van der Waals surface area (Å²) in [5, 5.41) is 0.925. The first-order valence-electron chi connectivity index (χ1n) is 5.80. The van der Waals surface area contributed by atoms with Crippen molar-refractivity contribution in [2.24, 2.45) is 5.73 Å².